The summed E-state index contributed by atoms with van der Waals surface area (Å²) in [5.41, 5.74) is 5.81. The summed E-state index contributed by atoms with van der Waals surface area (Å²) in [6.07, 6.45) is 2.71. The van der Waals surface area contributed by atoms with Crippen LogP contribution in [0.25, 0.3) is 5.69 Å². The zero-order valence-electron chi connectivity index (χ0n) is 22.7. The highest BCUT2D eigenvalue weighted by Gasteiger charge is 2.17. The Bertz CT molecular complexity index is 1720. The molecule has 1 aliphatic heterocycles. The second-order valence-electron chi connectivity index (χ2n) is 9.59. The lowest BCUT2D eigenvalue weighted by Gasteiger charge is -2.30. The number of rotatable bonds is 6. The molecule has 0 spiro atoms. The number of anilines is 2. The Morgan fingerprint density at radius 1 is 1.02 bits per heavy atom. The lowest BCUT2D eigenvalue weighted by molar-refractivity contribution is 0.102. The summed E-state index contributed by atoms with van der Waals surface area (Å²) in [6, 6.07) is 11.7. The maximum Gasteiger partial charge on any atom is 0.284 e. The third-order valence-electron chi connectivity index (χ3n) is 6.63. The summed E-state index contributed by atoms with van der Waals surface area (Å²) in [6.45, 7) is 4.32. The van der Waals surface area contributed by atoms with Gasteiger partial charge < -0.3 is 20.7 Å². The summed E-state index contributed by atoms with van der Waals surface area (Å²) >= 11 is 0. The third-order valence-corrected chi connectivity index (χ3v) is 6.63. The molecule has 1 amide bonds. The van der Waals surface area contributed by atoms with Crippen molar-refractivity contribution in [2.45, 2.75) is 0 Å². The number of carbonyl (C=O) groups is 1. The van der Waals surface area contributed by atoms with Gasteiger partial charge in [-0.3, -0.25) is 14.5 Å². The smallest absolute Gasteiger partial charge is 0.284 e. The van der Waals surface area contributed by atoms with E-state index in [1.54, 1.807) is 6.07 Å². The van der Waals surface area contributed by atoms with Gasteiger partial charge in [0.25, 0.3) is 11.5 Å². The first-order valence-electron chi connectivity index (χ1n) is 13.1. The number of hydrogen-bond donors (Lipinski definition) is 2. The normalized spacial score (nSPS) is 13.7. The molecule has 0 saturated carbocycles. The van der Waals surface area contributed by atoms with Crippen molar-refractivity contribution in [1.29, 1.82) is 0 Å². The summed E-state index contributed by atoms with van der Waals surface area (Å²) in [4.78, 5) is 34.3. The van der Waals surface area contributed by atoms with E-state index < -0.39 is 23.1 Å². The van der Waals surface area contributed by atoms with Crippen LogP contribution < -0.4 is 21.3 Å². The van der Waals surface area contributed by atoms with Crippen molar-refractivity contribution in [1.82, 2.24) is 24.6 Å². The average Bonchev–Trinajstić information content (AvgIpc) is 2.97. The Labute approximate surface area is 240 Å². The van der Waals surface area contributed by atoms with Crippen LogP contribution in [0.5, 0.6) is 11.5 Å². The number of benzene rings is 2. The van der Waals surface area contributed by atoms with Gasteiger partial charge in [0, 0.05) is 56.4 Å². The van der Waals surface area contributed by atoms with E-state index in [0.29, 0.717) is 12.1 Å². The van der Waals surface area contributed by atoms with E-state index >= 15 is 4.39 Å². The van der Waals surface area contributed by atoms with Crippen molar-refractivity contribution in [2.24, 2.45) is 0 Å². The van der Waals surface area contributed by atoms with Gasteiger partial charge >= 0.3 is 0 Å². The van der Waals surface area contributed by atoms with Gasteiger partial charge in [0.2, 0.25) is 0 Å². The van der Waals surface area contributed by atoms with Crippen LogP contribution in [-0.2, 0) is 0 Å². The largest absolute Gasteiger partial charge is 0.453 e. The maximum atomic E-state index is 15.1. The fourth-order valence-electron chi connectivity index (χ4n) is 4.25. The molecule has 1 aliphatic rings. The number of hydrogen-bond acceptors (Lipinski definition) is 8. The van der Waals surface area contributed by atoms with Crippen LogP contribution in [0, 0.1) is 23.5 Å². The molecule has 10 nitrogen and oxygen atoms in total. The Balaban J connectivity index is 1.29. The van der Waals surface area contributed by atoms with E-state index in [1.807, 2.05) is 0 Å². The molecular formula is C30H27F2N7O3. The van der Waals surface area contributed by atoms with E-state index in [9.17, 15) is 14.0 Å². The molecule has 0 aliphatic carbocycles. The molecule has 214 valence electrons. The fourth-order valence-corrected chi connectivity index (χ4v) is 4.25. The maximum absolute atomic E-state index is 15.1. The second-order valence-corrected chi connectivity index (χ2v) is 9.59. The second kappa shape index (κ2) is 12.6. The minimum absolute atomic E-state index is 0.0934. The molecule has 3 N–H and O–H groups in total. The summed E-state index contributed by atoms with van der Waals surface area (Å²) in [5, 5.41) is 6.46. The van der Waals surface area contributed by atoms with Gasteiger partial charge in [0.1, 0.15) is 28.5 Å². The van der Waals surface area contributed by atoms with Gasteiger partial charge in [-0.05, 0) is 49.5 Å². The Hall–Kier alpha value is -5.12. The first-order valence-corrected chi connectivity index (χ1v) is 13.1. The molecule has 2 aromatic heterocycles. The zero-order valence-corrected chi connectivity index (χ0v) is 22.7. The van der Waals surface area contributed by atoms with Crippen LogP contribution >= 0.6 is 0 Å². The SMILES string of the molecule is CN1CCN(CC#Cc2c(Oc3ccc(NC(=O)c4ccnn(-c5ccc(F)cc5)c4=O)cc3F)ccnc2N)CC1. The van der Waals surface area contributed by atoms with E-state index in [0.717, 1.165) is 36.9 Å². The Morgan fingerprint density at radius 2 is 1.79 bits per heavy atom. The number of nitrogens with one attached hydrogen (secondary N) is 1. The molecule has 1 fully saturated rings. The van der Waals surface area contributed by atoms with Crippen molar-refractivity contribution >= 4 is 17.4 Å². The molecular weight excluding hydrogens is 544 g/mol. The molecule has 3 heterocycles. The molecule has 1 saturated heterocycles. The highest BCUT2D eigenvalue weighted by molar-refractivity contribution is 6.04. The van der Waals surface area contributed by atoms with Crippen molar-refractivity contribution in [3.8, 4) is 29.0 Å². The van der Waals surface area contributed by atoms with Crippen LogP contribution in [0.15, 0.2) is 71.8 Å². The number of piperazine rings is 1. The number of nitrogen functional groups attached to an aromatic ring is 1. The standard InChI is InChI=1S/C30H27F2N7O3/c1-37-15-17-38(18-16-37)14-2-3-23-26(11-12-34-28(23)33)42-27-9-6-21(19-25(27)32)36-29(40)24-10-13-35-39(30(24)41)22-7-4-20(31)5-8-22/h4-13,19H,14-18H2,1H3,(H2,33,34)(H,36,40). The van der Waals surface area contributed by atoms with Gasteiger partial charge in [-0.25, -0.2) is 13.8 Å². The van der Waals surface area contributed by atoms with Crippen molar-refractivity contribution in [3.05, 3.63) is 100 Å². The summed E-state index contributed by atoms with van der Waals surface area (Å²) < 4.78 is 35.1. The molecule has 0 atom stereocenters. The number of amides is 1. The molecule has 12 heteroatoms. The average molecular weight is 572 g/mol. The van der Waals surface area contributed by atoms with E-state index in [2.05, 4.69) is 44.1 Å². The number of ether oxygens (including phenoxy) is 1. The zero-order chi connectivity index (χ0) is 29.6. The minimum atomic E-state index is -0.772. The lowest BCUT2D eigenvalue weighted by Crippen LogP contribution is -2.44. The number of nitrogens with zero attached hydrogens (tertiary/aromatic N) is 5. The lowest BCUT2D eigenvalue weighted by atomic mass is 10.2. The molecule has 0 bridgehead atoms. The minimum Gasteiger partial charge on any atom is -0.453 e. The number of carbonyl (C=O) groups excluding carboxylic acids is 1. The van der Waals surface area contributed by atoms with Crippen LogP contribution in [0.1, 0.15) is 15.9 Å². The van der Waals surface area contributed by atoms with Crippen LogP contribution in [0.4, 0.5) is 20.3 Å². The van der Waals surface area contributed by atoms with Gasteiger partial charge in [-0.15, -0.1) is 0 Å². The number of nitrogens with two attached hydrogens (primary N) is 1. The molecule has 42 heavy (non-hydrogen) atoms. The van der Waals surface area contributed by atoms with Gasteiger partial charge in [-0.1, -0.05) is 11.8 Å². The molecule has 2 aromatic carbocycles. The topological polar surface area (TPSA) is 119 Å². The van der Waals surface area contributed by atoms with E-state index in [4.69, 9.17) is 10.5 Å². The molecule has 5 rings (SSSR count). The summed E-state index contributed by atoms with van der Waals surface area (Å²) in [7, 11) is 2.08. The molecule has 0 unspecified atom stereocenters. The highest BCUT2D eigenvalue weighted by Crippen LogP contribution is 2.30. The predicted octanol–water partition coefficient (Wildman–Crippen LogP) is 3.13. The van der Waals surface area contributed by atoms with Gasteiger partial charge in [0.05, 0.1) is 12.2 Å². The number of pyridine rings is 1. The van der Waals surface area contributed by atoms with Gasteiger partial charge in [-0.2, -0.15) is 9.78 Å². The summed E-state index contributed by atoms with van der Waals surface area (Å²) in [5.74, 6) is 4.37. The number of likely N-dealkylation sites (N-methyl/N-ethyl adjacent to an activating group) is 1. The number of aromatic nitrogens is 3. The first-order chi connectivity index (χ1) is 20.3. The monoisotopic (exact) mass is 571 g/mol. The highest BCUT2D eigenvalue weighted by atomic mass is 19.1. The van der Waals surface area contributed by atoms with Crippen LogP contribution in [0.3, 0.4) is 0 Å². The number of halogens is 2. The van der Waals surface area contributed by atoms with Crippen LogP contribution in [0.2, 0.25) is 0 Å². The predicted molar refractivity (Wildman–Crippen MR) is 154 cm³/mol. The van der Waals surface area contributed by atoms with Crippen molar-refractivity contribution in [3.63, 3.8) is 0 Å². The fraction of sp³-hybridized carbons (Fsp3) is 0.200. The molecule has 0 radical (unpaired) electrons. The Morgan fingerprint density at radius 3 is 2.52 bits per heavy atom. The quantitative estimate of drug-likeness (QED) is 0.339. The van der Waals surface area contributed by atoms with E-state index in [-0.39, 0.29) is 34.3 Å². The van der Waals surface area contributed by atoms with Crippen molar-refractivity contribution in [2.75, 3.05) is 50.8 Å². The molecule has 4 aromatic rings. The Kier molecular flexibility index (Phi) is 8.52. The van der Waals surface area contributed by atoms with Crippen LogP contribution in [-0.4, -0.2) is 70.2 Å². The third kappa shape index (κ3) is 6.60. The van der Waals surface area contributed by atoms with E-state index in [1.165, 1.54) is 54.9 Å². The first kappa shape index (κ1) is 28.4. The van der Waals surface area contributed by atoms with Crippen molar-refractivity contribution < 1.29 is 18.3 Å². The van der Waals surface area contributed by atoms with Gasteiger partial charge in [0.15, 0.2) is 11.6 Å².